The molecule has 5 heteroatoms. The fourth-order valence-electron chi connectivity index (χ4n) is 3.19. The molecule has 2 heterocycles. The molecule has 2 aromatic carbocycles. The van der Waals surface area contributed by atoms with Crippen molar-refractivity contribution in [2.75, 3.05) is 18.0 Å². The van der Waals surface area contributed by atoms with Crippen LogP contribution in [0.2, 0.25) is 0 Å². The van der Waals surface area contributed by atoms with Gasteiger partial charge in [-0.1, -0.05) is 36.3 Å². The van der Waals surface area contributed by atoms with Crippen LogP contribution >= 0.6 is 0 Å². The number of anilines is 1. The van der Waals surface area contributed by atoms with Gasteiger partial charge in [-0.25, -0.2) is 14.2 Å². The van der Waals surface area contributed by atoms with Crippen LogP contribution in [-0.4, -0.2) is 29.7 Å². The Labute approximate surface area is 169 Å². The van der Waals surface area contributed by atoms with Crippen molar-refractivity contribution in [3.8, 4) is 17.6 Å². The molecule has 0 bridgehead atoms. The van der Waals surface area contributed by atoms with Crippen LogP contribution in [0.1, 0.15) is 22.5 Å². The first-order chi connectivity index (χ1) is 14.1. The second-order valence-corrected chi connectivity index (χ2v) is 6.85. The van der Waals surface area contributed by atoms with Crippen LogP contribution in [0.3, 0.4) is 0 Å². The molecular formula is C24H19FN2O2. The Morgan fingerprint density at radius 3 is 2.69 bits per heavy atom. The molecule has 1 saturated heterocycles. The van der Waals surface area contributed by atoms with E-state index in [4.69, 9.17) is 4.74 Å². The standard InChI is InChI=1S/C24H19FN2O2/c25-24(13-12-20-8-4-5-15-26-20)14-16-27(18-24)21-9-6-7-19(17-21)23(28)29-22-10-2-1-3-11-22/h1-11,15,17H,14,16,18H2. The van der Waals surface area contributed by atoms with Gasteiger partial charge in [-0.2, -0.15) is 0 Å². The molecule has 1 unspecified atom stereocenters. The van der Waals surface area contributed by atoms with Crippen molar-refractivity contribution in [3.63, 3.8) is 0 Å². The number of pyridine rings is 1. The zero-order valence-electron chi connectivity index (χ0n) is 15.7. The van der Waals surface area contributed by atoms with Crippen LogP contribution in [0.15, 0.2) is 79.0 Å². The summed E-state index contributed by atoms with van der Waals surface area (Å²) in [6.07, 6.45) is 1.93. The molecule has 0 N–H and O–H groups in total. The first kappa shape index (κ1) is 18.7. The summed E-state index contributed by atoms with van der Waals surface area (Å²) in [7, 11) is 0. The largest absolute Gasteiger partial charge is 0.423 e. The Bertz CT molecular complexity index is 1060. The molecule has 3 aromatic rings. The molecular weight excluding hydrogens is 367 g/mol. The van der Waals surface area contributed by atoms with Gasteiger partial charge in [-0.05, 0) is 48.4 Å². The fraction of sp³-hybridized carbons (Fsp3) is 0.167. The summed E-state index contributed by atoms with van der Waals surface area (Å²) in [6, 6.07) is 21.3. The monoisotopic (exact) mass is 386 g/mol. The van der Waals surface area contributed by atoms with Gasteiger partial charge >= 0.3 is 5.97 Å². The van der Waals surface area contributed by atoms with Gasteiger partial charge in [0.1, 0.15) is 11.4 Å². The highest BCUT2D eigenvalue weighted by Gasteiger charge is 2.37. The predicted molar refractivity (Wildman–Crippen MR) is 110 cm³/mol. The Morgan fingerprint density at radius 2 is 1.90 bits per heavy atom. The Hall–Kier alpha value is -3.65. The highest BCUT2D eigenvalue weighted by atomic mass is 19.1. The number of nitrogens with zero attached hydrogens (tertiary/aromatic N) is 2. The van der Waals surface area contributed by atoms with E-state index in [1.54, 1.807) is 60.8 Å². The number of hydrogen-bond acceptors (Lipinski definition) is 4. The van der Waals surface area contributed by atoms with Crippen LogP contribution in [0.25, 0.3) is 0 Å². The molecule has 1 fully saturated rings. The second-order valence-electron chi connectivity index (χ2n) is 6.85. The van der Waals surface area contributed by atoms with Crippen molar-refractivity contribution in [3.05, 3.63) is 90.3 Å². The zero-order chi connectivity index (χ0) is 20.1. The maximum absolute atomic E-state index is 15.1. The van der Waals surface area contributed by atoms with Gasteiger partial charge in [0, 0.05) is 24.8 Å². The first-order valence-electron chi connectivity index (χ1n) is 9.37. The quantitative estimate of drug-likeness (QED) is 0.383. The van der Waals surface area contributed by atoms with Crippen molar-refractivity contribution in [2.45, 2.75) is 12.1 Å². The second kappa shape index (κ2) is 8.15. The minimum Gasteiger partial charge on any atom is -0.423 e. The summed E-state index contributed by atoms with van der Waals surface area (Å²) < 4.78 is 20.5. The SMILES string of the molecule is O=C(Oc1ccccc1)c1cccc(N2CCC(F)(C#Cc3ccccn3)C2)c1. The number of hydrogen-bond donors (Lipinski definition) is 0. The van der Waals surface area contributed by atoms with Crippen molar-refractivity contribution >= 4 is 11.7 Å². The number of alkyl halides is 1. The molecule has 1 atom stereocenters. The van der Waals surface area contributed by atoms with E-state index in [1.165, 1.54) is 0 Å². The number of para-hydroxylation sites is 1. The van der Waals surface area contributed by atoms with E-state index in [9.17, 15) is 4.79 Å². The minimum absolute atomic E-state index is 0.143. The third-order valence-electron chi connectivity index (χ3n) is 4.70. The summed E-state index contributed by atoms with van der Waals surface area (Å²) >= 11 is 0. The van der Waals surface area contributed by atoms with Gasteiger partial charge < -0.3 is 9.64 Å². The number of aromatic nitrogens is 1. The highest BCUT2D eigenvalue weighted by molar-refractivity contribution is 5.92. The van der Waals surface area contributed by atoms with Gasteiger partial charge in [0.05, 0.1) is 12.1 Å². The van der Waals surface area contributed by atoms with Crippen LogP contribution in [-0.2, 0) is 0 Å². The molecule has 144 valence electrons. The van der Waals surface area contributed by atoms with Crippen molar-refractivity contribution < 1.29 is 13.9 Å². The Balaban J connectivity index is 1.46. The first-order valence-corrected chi connectivity index (χ1v) is 9.37. The van der Waals surface area contributed by atoms with E-state index >= 15 is 4.39 Å². The lowest BCUT2D eigenvalue weighted by Gasteiger charge is -2.19. The third-order valence-corrected chi connectivity index (χ3v) is 4.70. The molecule has 0 radical (unpaired) electrons. The Kier molecular flexibility index (Phi) is 5.26. The van der Waals surface area contributed by atoms with Crippen LogP contribution in [0.4, 0.5) is 10.1 Å². The van der Waals surface area contributed by atoms with E-state index in [1.807, 2.05) is 23.1 Å². The van der Waals surface area contributed by atoms with Gasteiger partial charge in [0.25, 0.3) is 0 Å². The summed E-state index contributed by atoms with van der Waals surface area (Å²) in [5.41, 5.74) is 0.125. The number of benzene rings is 2. The molecule has 0 aliphatic carbocycles. The zero-order valence-corrected chi connectivity index (χ0v) is 15.7. The lowest BCUT2D eigenvalue weighted by Crippen LogP contribution is -2.27. The Morgan fingerprint density at radius 1 is 1.07 bits per heavy atom. The van der Waals surface area contributed by atoms with Crippen molar-refractivity contribution in [1.82, 2.24) is 4.98 Å². The summed E-state index contributed by atoms with van der Waals surface area (Å²) in [4.78, 5) is 18.4. The van der Waals surface area contributed by atoms with E-state index in [0.717, 1.165) is 5.69 Å². The van der Waals surface area contributed by atoms with E-state index < -0.39 is 11.6 Å². The van der Waals surface area contributed by atoms with E-state index in [-0.39, 0.29) is 6.54 Å². The summed E-state index contributed by atoms with van der Waals surface area (Å²) in [6.45, 7) is 0.661. The van der Waals surface area contributed by atoms with Gasteiger partial charge in [-0.3, -0.25) is 0 Å². The molecule has 0 saturated carbocycles. The van der Waals surface area contributed by atoms with Crippen molar-refractivity contribution in [1.29, 1.82) is 0 Å². The van der Waals surface area contributed by atoms with Gasteiger partial charge in [0.15, 0.2) is 5.67 Å². The fourth-order valence-corrected chi connectivity index (χ4v) is 3.19. The molecule has 4 rings (SSSR count). The highest BCUT2D eigenvalue weighted by Crippen LogP contribution is 2.30. The molecule has 0 amide bonds. The van der Waals surface area contributed by atoms with E-state index in [2.05, 4.69) is 16.8 Å². The van der Waals surface area contributed by atoms with Crippen molar-refractivity contribution in [2.24, 2.45) is 0 Å². The topological polar surface area (TPSA) is 42.4 Å². The number of carbonyl (C=O) groups is 1. The van der Waals surface area contributed by atoms with Crippen LogP contribution < -0.4 is 9.64 Å². The molecule has 4 nitrogen and oxygen atoms in total. The van der Waals surface area contributed by atoms with E-state index in [0.29, 0.717) is 30.0 Å². The molecule has 1 aliphatic rings. The number of carbonyl (C=O) groups excluding carboxylic acids is 1. The summed E-state index contributed by atoms with van der Waals surface area (Å²) in [5.74, 6) is 5.59. The molecule has 29 heavy (non-hydrogen) atoms. The minimum atomic E-state index is -1.61. The lowest BCUT2D eigenvalue weighted by atomic mass is 10.1. The third kappa shape index (κ3) is 4.61. The predicted octanol–water partition coefficient (Wildman–Crippen LogP) is 4.27. The number of halogens is 1. The number of ether oxygens (including phenoxy) is 1. The maximum atomic E-state index is 15.1. The number of esters is 1. The average molecular weight is 386 g/mol. The maximum Gasteiger partial charge on any atom is 0.343 e. The summed E-state index contributed by atoms with van der Waals surface area (Å²) in [5, 5.41) is 0. The van der Waals surface area contributed by atoms with Crippen LogP contribution in [0.5, 0.6) is 5.75 Å². The molecule has 1 aromatic heterocycles. The molecule has 1 aliphatic heterocycles. The normalized spacial score (nSPS) is 18.0. The van der Waals surface area contributed by atoms with Gasteiger partial charge in [0.2, 0.25) is 0 Å². The average Bonchev–Trinajstić information content (AvgIpc) is 3.16. The lowest BCUT2D eigenvalue weighted by molar-refractivity contribution is 0.0735. The van der Waals surface area contributed by atoms with Crippen LogP contribution in [0, 0.1) is 11.8 Å². The smallest absolute Gasteiger partial charge is 0.343 e. The number of rotatable bonds is 3. The molecule has 0 spiro atoms. The van der Waals surface area contributed by atoms with Gasteiger partial charge in [-0.15, -0.1) is 0 Å².